The van der Waals surface area contributed by atoms with Crippen molar-refractivity contribution in [3.05, 3.63) is 65.2 Å². The highest BCUT2D eigenvalue weighted by Gasteiger charge is 2.52. The fraction of sp³-hybridized carbons (Fsp3) is 0.304. The number of benzene rings is 2. The Morgan fingerprint density at radius 2 is 1.70 bits per heavy atom. The topological polar surface area (TPSA) is 52.7 Å². The lowest BCUT2D eigenvalue weighted by Crippen LogP contribution is -2.71. The minimum atomic E-state index is -0.958. The number of piperazine rings is 1. The molecule has 0 bridgehead atoms. The Balaban J connectivity index is 1.64. The van der Waals surface area contributed by atoms with Crippen LogP contribution in [0.3, 0.4) is 0 Å². The van der Waals surface area contributed by atoms with E-state index in [0.717, 1.165) is 22.6 Å². The maximum atomic E-state index is 14.9. The van der Waals surface area contributed by atoms with Gasteiger partial charge in [-0.3, -0.25) is 9.69 Å². The second-order valence-corrected chi connectivity index (χ2v) is 7.38. The monoisotopic (exact) mass is 409 g/mol. The van der Waals surface area contributed by atoms with Crippen molar-refractivity contribution < 1.29 is 18.4 Å². The van der Waals surface area contributed by atoms with Gasteiger partial charge in [0.1, 0.15) is 11.2 Å². The summed E-state index contributed by atoms with van der Waals surface area (Å²) in [7, 11) is 0. The van der Waals surface area contributed by atoms with Crippen LogP contribution in [0.1, 0.15) is 30.9 Å². The molecule has 2 saturated heterocycles. The number of amides is 3. The summed E-state index contributed by atoms with van der Waals surface area (Å²) >= 11 is 0. The molecule has 5 nitrogen and oxygen atoms in total. The molecule has 0 aliphatic carbocycles. The first kappa shape index (κ1) is 19.9. The molecule has 0 aromatic heterocycles. The zero-order valence-corrected chi connectivity index (χ0v) is 16.5. The predicted octanol–water partition coefficient (Wildman–Crippen LogP) is 3.28. The second kappa shape index (κ2) is 7.79. The molecule has 0 spiro atoms. The van der Waals surface area contributed by atoms with Crippen LogP contribution in [0.5, 0.6) is 0 Å². The zero-order chi connectivity index (χ0) is 21.3. The number of carbonyl (C=O) groups excluding carboxylic acids is 2. The Kier molecular flexibility index (Phi) is 5.17. The van der Waals surface area contributed by atoms with Crippen LogP contribution in [-0.4, -0.2) is 42.0 Å². The zero-order valence-electron chi connectivity index (χ0n) is 16.5. The fourth-order valence-corrected chi connectivity index (χ4v) is 4.14. The van der Waals surface area contributed by atoms with Crippen molar-refractivity contribution in [2.45, 2.75) is 25.3 Å². The van der Waals surface area contributed by atoms with Crippen LogP contribution in [0.2, 0.25) is 0 Å². The first-order valence-corrected chi connectivity index (χ1v) is 9.90. The Hall–Kier alpha value is -3.40. The Labute approximate surface area is 173 Å². The summed E-state index contributed by atoms with van der Waals surface area (Å²) in [4.78, 5) is 28.1. The smallest absolute Gasteiger partial charge is 0.325 e. The second-order valence-electron chi connectivity index (χ2n) is 7.38. The maximum Gasteiger partial charge on any atom is 0.325 e. The molecule has 2 aliphatic heterocycles. The Morgan fingerprint density at radius 1 is 1.03 bits per heavy atom. The van der Waals surface area contributed by atoms with Crippen LogP contribution in [0.4, 0.5) is 19.3 Å². The van der Waals surface area contributed by atoms with E-state index in [-0.39, 0.29) is 18.0 Å². The highest BCUT2D eigenvalue weighted by atomic mass is 19.1. The van der Waals surface area contributed by atoms with Gasteiger partial charge in [-0.1, -0.05) is 37.0 Å². The van der Waals surface area contributed by atoms with E-state index in [2.05, 4.69) is 17.2 Å². The van der Waals surface area contributed by atoms with Crippen molar-refractivity contribution in [1.82, 2.24) is 10.2 Å². The minimum Gasteiger partial charge on any atom is -0.352 e. The summed E-state index contributed by atoms with van der Waals surface area (Å²) in [5, 5.41) is 2.79. The van der Waals surface area contributed by atoms with E-state index >= 15 is 0 Å². The largest absolute Gasteiger partial charge is 0.352 e. The standard InChI is InChI=1S/C23H21F2N3O2/c1-2-23-10-12-27(22(30)28(23)13-11-26-21(23)29)20-18(24)14-17(15-19(20)25)9-8-16-6-4-3-5-7-16/h3-7,14-15H,2,10-13H2,1H3,(H,26,29)/t23-/m1/s1. The van der Waals surface area contributed by atoms with E-state index in [1.54, 1.807) is 12.1 Å². The van der Waals surface area contributed by atoms with E-state index in [4.69, 9.17) is 0 Å². The minimum absolute atomic E-state index is 0.0550. The van der Waals surface area contributed by atoms with Crippen molar-refractivity contribution in [3.63, 3.8) is 0 Å². The van der Waals surface area contributed by atoms with Crippen molar-refractivity contribution >= 4 is 17.6 Å². The third kappa shape index (κ3) is 3.28. The first-order chi connectivity index (χ1) is 14.5. The molecule has 154 valence electrons. The number of carbonyl (C=O) groups is 2. The van der Waals surface area contributed by atoms with Gasteiger partial charge in [0.25, 0.3) is 0 Å². The van der Waals surface area contributed by atoms with Gasteiger partial charge in [-0.15, -0.1) is 0 Å². The van der Waals surface area contributed by atoms with Gasteiger partial charge in [0.05, 0.1) is 0 Å². The molecule has 2 heterocycles. The first-order valence-electron chi connectivity index (χ1n) is 9.90. The quantitative estimate of drug-likeness (QED) is 0.774. The molecule has 2 aromatic carbocycles. The number of nitrogens with one attached hydrogen (secondary N) is 1. The van der Waals surface area contributed by atoms with Crippen molar-refractivity contribution in [2.24, 2.45) is 0 Å². The number of urea groups is 1. The van der Waals surface area contributed by atoms with E-state index in [1.165, 1.54) is 4.90 Å². The van der Waals surface area contributed by atoms with Gasteiger partial charge >= 0.3 is 6.03 Å². The molecule has 2 aliphatic rings. The number of nitrogens with zero attached hydrogens (tertiary/aromatic N) is 2. The van der Waals surface area contributed by atoms with Crippen molar-refractivity contribution in [2.75, 3.05) is 24.5 Å². The van der Waals surface area contributed by atoms with Gasteiger partial charge in [-0.05, 0) is 37.1 Å². The van der Waals surface area contributed by atoms with Crippen LogP contribution in [0, 0.1) is 23.5 Å². The van der Waals surface area contributed by atoms with Crippen LogP contribution in [-0.2, 0) is 4.79 Å². The van der Waals surface area contributed by atoms with Gasteiger partial charge in [-0.25, -0.2) is 13.6 Å². The number of hydrogen-bond acceptors (Lipinski definition) is 2. The van der Waals surface area contributed by atoms with Gasteiger partial charge < -0.3 is 10.2 Å². The summed E-state index contributed by atoms with van der Waals surface area (Å²) in [6.45, 7) is 2.51. The summed E-state index contributed by atoms with van der Waals surface area (Å²) in [5.41, 5.74) is -0.448. The molecule has 2 fully saturated rings. The predicted molar refractivity (Wildman–Crippen MR) is 109 cm³/mol. The van der Waals surface area contributed by atoms with Gasteiger partial charge in [0, 0.05) is 30.8 Å². The van der Waals surface area contributed by atoms with E-state index in [0.29, 0.717) is 25.9 Å². The average molecular weight is 409 g/mol. The van der Waals surface area contributed by atoms with Crippen LogP contribution in [0.25, 0.3) is 0 Å². The van der Waals surface area contributed by atoms with Crippen LogP contribution in [0.15, 0.2) is 42.5 Å². The fourth-order valence-electron chi connectivity index (χ4n) is 4.14. The number of anilines is 1. The number of hydrogen-bond donors (Lipinski definition) is 1. The normalized spacial score (nSPS) is 20.9. The van der Waals surface area contributed by atoms with Gasteiger partial charge in [-0.2, -0.15) is 0 Å². The molecular weight excluding hydrogens is 388 g/mol. The molecule has 0 saturated carbocycles. The SMILES string of the molecule is CC[C@]12CCN(c3c(F)cc(C#Cc4ccccc4)cc3F)C(=O)N1CCNC2=O. The molecule has 4 rings (SSSR count). The Morgan fingerprint density at radius 3 is 2.37 bits per heavy atom. The molecule has 7 heteroatoms. The highest BCUT2D eigenvalue weighted by molar-refractivity contribution is 6.00. The lowest BCUT2D eigenvalue weighted by atomic mass is 9.85. The lowest BCUT2D eigenvalue weighted by Gasteiger charge is -2.51. The third-order valence-corrected chi connectivity index (χ3v) is 5.77. The molecule has 0 radical (unpaired) electrons. The van der Waals surface area contributed by atoms with Crippen LogP contribution >= 0.6 is 0 Å². The van der Waals surface area contributed by atoms with Gasteiger partial charge in [0.15, 0.2) is 11.6 Å². The molecule has 1 atom stereocenters. The molecule has 3 amide bonds. The molecule has 1 N–H and O–H groups in total. The number of rotatable bonds is 2. The summed E-state index contributed by atoms with van der Waals surface area (Å²) < 4.78 is 29.7. The van der Waals surface area contributed by atoms with Crippen molar-refractivity contribution in [1.29, 1.82) is 0 Å². The van der Waals surface area contributed by atoms with Gasteiger partial charge in [0.2, 0.25) is 5.91 Å². The number of halogens is 2. The summed E-state index contributed by atoms with van der Waals surface area (Å²) in [6, 6.07) is 10.8. The van der Waals surface area contributed by atoms with Crippen LogP contribution < -0.4 is 10.2 Å². The molecule has 2 aromatic rings. The summed E-state index contributed by atoms with van der Waals surface area (Å²) in [6.07, 6.45) is 0.743. The number of fused-ring (bicyclic) bond motifs is 1. The Bertz CT molecular complexity index is 1040. The molecular formula is C23H21F2N3O2. The molecule has 0 unspecified atom stereocenters. The van der Waals surface area contributed by atoms with E-state index in [1.807, 2.05) is 25.1 Å². The average Bonchev–Trinajstić information content (AvgIpc) is 2.75. The molecule has 30 heavy (non-hydrogen) atoms. The third-order valence-electron chi connectivity index (χ3n) is 5.77. The maximum absolute atomic E-state index is 14.9. The van der Waals surface area contributed by atoms with Crippen molar-refractivity contribution in [3.8, 4) is 11.8 Å². The van der Waals surface area contributed by atoms with E-state index in [9.17, 15) is 18.4 Å². The highest BCUT2D eigenvalue weighted by Crippen LogP contribution is 2.36. The van der Waals surface area contributed by atoms with E-state index < -0.39 is 28.9 Å². The lowest BCUT2D eigenvalue weighted by molar-refractivity contribution is -0.136. The summed E-state index contributed by atoms with van der Waals surface area (Å²) in [5.74, 6) is 3.69.